The Labute approximate surface area is 85.4 Å². The summed E-state index contributed by atoms with van der Waals surface area (Å²) in [6.45, 7) is 0. The zero-order chi connectivity index (χ0) is 8.93. The Bertz CT molecular complexity index is 237. The lowest BCUT2D eigenvalue weighted by molar-refractivity contribution is 0.719. The molecule has 0 atom stereocenters. The predicted molar refractivity (Wildman–Crippen MR) is 59.4 cm³/mol. The van der Waals surface area contributed by atoms with Crippen LogP contribution in [0.15, 0.2) is 30.3 Å². The normalized spacial score (nSPS) is 17.4. The van der Waals surface area contributed by atoms with E-state index in [2.05, 4.69) is 30.3 Å². The minimum atomic E-state index is -0.353. The van der Waals surface area contributed by atoms with E-state index in [4.69, 9.17) is 0 Å². The molecule has 1 aliphatic heterocycles. The van der Waals surface area contributed by atoms with Crippen molar-refractivity contribution in [1.29, 1.82) is 0 Å². The summed E-state index contributed by atoms with van der Waals surface area (Å²) in [5.41, 5.74) is 1.58. The molecule has 1 saturated heterocycles. The van der Waals surface area contributed by atoms with E-state index >= 15 is 0 Å². The second-order valence-corrected chi connectivity index (χ2v) is 7.49. The summed E-state index contributed by atoms with van der Waals surface area (Å²) >= 11 is -0.353. The lowest BCUT2D eigenvalue weighted by atomic mass is 10.2. The molecule has 0 radical (unpaired) electrons. The van der Waals surface area contributed by atoms with Crippen LogP contribution in [-0.4, -0.2) is 14.1 Å². The van der Waals surface area contributed by atoms with Crippen molar-refractivity contribution >= 4 is 14.1 Å². The molecule has 68 valence electrons. The van der Waals surface area contributed by atoms with Crippen molar-refractivity contribution in [2.45, 2.75) is 35.1 Å². The number of hydrogen-bond donors (Lipinski definition) is 0. The molecule has 1 fully saturated rings. The van der Waals surface area contributed by atoms with Crippen LogP contribution >= 0.6 is 0 Å². The quantitative estimate of drug-likeness (QED) is 0.623. The van der Waals surface area contributed by atoms with E-state index in [1.54, 1.807) is 16.1 Å². The zero-order valence-corrected chi connectivity index (χ0v) is 9.36. The zero-order valence-electron chi connectivity index (χ0n) is 8.21. The standard InChI is InChI=1S/C7H7.C5H10.Al/c1-7-5-3-2-4-6-7;1-3-5-4-2;/h2-6H,1H2;1-5H2;. The number of rotatable bonds is 2. The largest absolute Gasteiger partial charge is 0.267 e. The molecule has 0 amide bonds. The second-order valence-electron chi connectivity index (χ2n) is 4.19. The molecule has 2 rings (SSSR count). The molecule has 0 N–H and O–H groups in total. The van der Waals surface area contributed by atoms with E-state index in [1.807, 2.05) is 0 Å². The van der Waals surface area contributed by atoms with Gasteiger partial charge in [0.1, 0.15) is 0 Å². The smallest absolute Gasteiger partial charge is 0.0936 e. The maximum absolute atomic E-state index is 2.29. The Morgan fingerprint density at radius 1 is 0.923 bits per heavy atom. The van der Waals surface area contributed by atoms with Crippen LogP contribution < -0.4 is 0 Å². The van der Waals surface area contributed by atoms with Gasteiger partial charge in [0.15, 0.2) is 0 Å². The third kappa shape index (κ3) is 2.86. The van der Waals surface area contributed by atoms with Gasteiger partial charge < -0.3 is 0 Å². The molecule has 1 heterocycles. The summed E-state index contributed by atoms with van der Waals surface area (Å²) in [6, 6.07) is 11.0. The Kier molecular flexibility index (Phi) is 3.47. The fourth-order valence-electron chi connectivity index (χ4n) is 2.34. The SMILES string of the molecule is c1ccc([CH2][Al]2[CH2]CCC[CH2]2)cc1. The molecule has 1 aromatic carbocycles. The second kappa shape index (κ2) is 4.84. The van der Waals surface area contributed by atoms with Crippen LogP contribution in [0.2, 0.25) is 10.6 Å². The highest BCUT2D eigenvalue weighted by molar-refractivity contribution is 6.58. The third-order valence-electron chi connectivity index (χ3n) is 3.09. The molecule has 0 nitrogen and oxygen atoms in total. The van der Waals surface area contributed by atoms with Gasteiger partial charge in [-0.25, -0.2) is 0 Å². The van der Waals surface area contributed by atoms with Crippen molar-refractivity contribution in [3.05, 3.63) is 35.9 Å². The van der Waals surface area contributed by atoms with E-state index in [-0.39, 0.29) is 14.1 Å². The van der Waals surface area contributed by atoms with Gasteiger partial charge in [-0.1, -0.05) is 71.0 Å². The van der Waals surface area contributed by atoms with Crippen molar-refractivity contribution < 1.29 is 0 Å². The van der Waals surface area contributed by atoms with Gasteiger partial charge >= 0.3 is 0 Å². The third-order valence-corrected chi connectivity index (χ3v) is 6.59. The molecule has 1 heteroatoms. The van der Waals surface area contributed by atoms with Crippen molar-refractivity contribution in [1.82, 2.24) is 0 Å². The van der Waals surface area contributed by atoms with Gasteiger partial charge in [-0.15, -0.1) is 0 Å². The average Bonchev–Trinajstić information content (AvgIpc) is 2.21. The minimum Gasteiger partial charge on any atom is -0.0936 e. The van der Waals surface area contributed by atoms with E-state index in [1.165, 1.54) is 24.5 Å². The predicted octanol–water partition coefficient (Wildman–Crippen LogP) is 3.45. The van der Waals surface area contributed by atoms with Gasteiger partial charge in [-0.05, 0) is 0 Å². The highest BCUT2D eigenvalue weighted by Crippen LogP contribution is 2.21. The Morgan fingerprint density at radius 2 is 1.62 bits per heavy atom. The van der Waals surface area contributed by atoms with E-state index in [0.29, 0.717) is 0 Å². The number of benzene rings is 1. The summed E-state index contributed by atoms with van der Waals surface area (Å²) in [7, 11) is 0. The van der Waals surface area contributed by atoms with Crippen LogP contribution in [0.1, 0.15) is 24.8 Å². The van der Waals surface area contributed by atoms with Crippen LogP contribution in [0, 0.1) is 0 Å². The van der Waals surface area contributed by atoms with E-state index in [9.17, 15) is 0 Å². The highest BCUT2D eigenvalue weighted by atomic mass is 27.2. The highest BCUT2D eigenvalue weighted by Gasteiger charge is 2.19. The fraction of sp³-hybridized carbons (Fsp3) is 0.500. The Balaban J connectivity index is 1.90. The van der Waals surface area contributed by atoms with Gasteiger partial charge in [0, 0.05) is 0 Å². The van der Waals surface area contributed by atoms with Crippen LogP contribution in [0.4, 0.5) is 0 Å². The molecular formula is C12H17Al. The maximum atomic E-state index is 2.29. The summed E-state index contributed by atoms with van der Waals surface area (Å²) in [5, 5.41) is 4.63. The molecule has 1 aromatic rings. The molecule has 0 spiro atoms. The maximum Gasteiger partial charge on any atom is 0.267 e. The minimum absolute atomic E-state index is 0.353. The monoisotopic (exact) mass is 188 g/mol. The van der Waals surface area contributed by atoms with Crippen molar-refractivity contribution in [2.75, 3.05) is 0 Å². The van der Waals surface area contributed by atoms with Crippen molar-refractivity contribution in [3.8, 4) is 0 Å². The van der Waals surface area contributed by atoms with Crippen molar-refractivity contribution in [3.63, 3.8) is 0 Å². The van der Waals surface area contributed by atoms with Crippen LogP contribution in [-0.2, 0) is 5.28 Å². The van der Waals surface area contributed by atoms with Gasteiger partial charge in [0.2, 0.25) is 0 Å². The summed E-state index contributed by atoms with van der Waals surface area (Å²) in [4.78, 5) is 0. The van der Waals surface area contributed by atoms with Crippen LogP contribution in [0.25, 0.3) is 0 Å². The summed E-state index contributed by atoms with van der Waals surface area (Å²) in [6.07, 6.45) is 4.53. The van der Waals surface area contributed by atoms with Gasteiger partial charge in [-0.2, -0.15) is 0 Å². The molecule has 13 heavy (non-hydrogen) atoms. The van der Waals surface area contributed by atoms with E-state index < -0.39 is 0 Å². The van der Waals surface area contributed by atoms with E-state index in [0.717, 1.165) is 0 Å². The molecule has 0 bridgehead atoms. The lowest BCUT2D eigenvalue weighted by Gasteiger charge is -2.16. The average molecular weight is 188 g/mol. The Morgan fingerprint density at radius 3 is 2.31 bits per heavy atom. The first-order chi connectivity index (χ1) is 6.45. The molecule has 0 saturated carbocycles. The first kappa shape index (κ1) is 9.31. The first-order valence-corrected chi connectivity index (χ1v) is 7.94. The molecule has 0 aromatic heterocycles. The summed E-state index contributed by atoms with van der Waals surface area (Å²) < 4.78 is 0. The molecule has 0 unspecified atom stereocenters. The van der Waals surface area contributed by atoms with Crippen LogP contribution in [0.3, 0.4) is 0 Å². The molecular weight excluding hydrogens is 171 g/mol. The number of hydrogen-bond acceptors (Lipinski definition) is 0. The Hall–Kier alpha value is -0.248. The lowest BCUT2D eigenvalue weighted by Crippen LogP contribution is -2.19. The van der Waals surface area contributed by atoms with Crippen molar-refractivity contribution in [2.24, 2.45) is 0 Å². The van der Waals surface area contributed by atoms with Gasteiger partial charge in [0.25, 0.3) is 14.1 Å². The van der Waals surface area contributed by atoms with Crippen LogP contribution in [0.5, 0.6) is 0 Å². The van der Waals surface area contributed by atoms with Gasteiger partial charge in [-0.3, -0.25) is 0 Å². The molecule has 0 aliphatic carbocycles. The topological polar surface area (TPSA) is 0 Å². The molecule has 1 aliphatic rings. The summed E-state index contributed by atoms with van der Waals surface area (Å²) in [5.74, 6) is 0. The fourth-order valence-corrected chi connectivity index (χ4v) is 5.71. The first-order valence-electron chi connectivity index (χ1n) is 5.49. The van der Waals surface area contributed by atoms with Gasteiger partial charge in [0.05, 0.1) is 0 Å².